The highest BCUT2D eigenvalue weighted by Gasteiger charge is 2.48. The number of ketones is 1. The van der Waals surface area contributed by atoms with Crippen LogP contribution in [-0.2, 0) is 9.59 Å². The van der Waals surface area contributed by atoms with Gasteiger partial charge >= 0.3 is 0 Å². The summed E-state index contributed by atoms with van der Waals surface area (Å²) in [5.74, 6) is -0.111. The van der Waals surface area contributed by atoms with Crippen molar-refractivity contribution in [1.29, 1.82) is 0 Å². The number of rotatable bonds is 7. The van der Waals surface area contributed by atoms with Gasteiger partial charge in [-0.15, -0.1) is 0 Å². The molecule has 2 aliphatic rings. The number of carbonyl (C=O) groups is 2. The van der Waals surface area contributed by atoms with Gasteiger partial charge in [0, 0.05) is 24.0 Å². The van der Waals surface area contributed by atoms with Gasteiger partial charge in [0.1, 0.15) is 23.3 Å². The van der Waals surface area contributed by atoms with E-state index in [9.17, 15) is 14.7 Å². The Morgan fingerprint density at radius 2 is 1.83 bits per heavy atom. The number of amides is 1. The van der Waals surface area contributed by atoms with Crippen molar-refractivity contribution >= 4 is 23.1 Å². The summed E-state index contributed by atoms with van der Waals surface area (Å²) in [6.45, 7) is 4.52. The number of benzene rings is 2. The van der Waals surface area contributed by atoms with Gasteiger partial charge in [-0.1, -0.05) is 6.07 Å². The number of fused-ring (bicyclic) bond motifs is 1. The topological polar surface area (TPSA) is 107 Å². The smallest absolute Gasteiger partial charge is 0.300 e. The number of anilines is 1. The number of hydrogen-bond acceptors (Lipinski definition) is 8. The number of aromatic nitrogens is 1. The van der Waals surface area contributed by atoms with Crippen LogP contribution in [-0.4, -0.2) is 41.8 Å². The number of Topliss-reactive ketones (excluding diaryl/α,β-unsaturated/α-hetero) is 1. The number of ether oxygens (including phenoxy) is 4. The fraction of sp³-hybridized carbons (Fsp3) is 0.222. The van der Waals surface area contributed by atoms with Gasteiger partial charge in [-0.3, -0.25) is 19.5 Å². The molecule has 1 N–H and O–H groups in total. The van der Waals surface area contributed by atoms with Gasteiger partial charge in [-0.25, -0.2) is 0 Å². The Balaban J connectivity index is 1.68. The maximum Gasteiger partial charge on any atom is 0.300 e. The summed E-state index contributed by atoms with van der Waals surface area (Å²) in [7, 11) is 0. The monoisotopic (exact) mass is 488 g/mol. The normalized spacial score (nSPS) is 17.9. The summed E-state index contributed by atoms with van der Waals surface area (Å²) >= 11 is 0. The van der Waals surface area contributed by atoms with Crippen molar-refractivity contribution in [2.45, 2.75) is 19.9 Å². The summed E-state index contributed by atoms with van der Waals surface area (Å²) in [6, 6.07) is 14.1. The molecule has 1 saturated heterocycles. The lowest BCUT2D eigenvalue weighted by atomic mass is 9.97. The number of aliphatic hydroxyl groups is 1. The van der Waals surface area contributed by atoms with E-state index >= 15 is 0 Å². The third-order valence-electron chi connectivity index (χ3n) is 5.87. The van der Waals surface area contributed by atoms with Gasteiger partial charge in [0.25, 0.3) is 11.7 Å². The lowest BCUT2D eigenvalue weighted by Crippen LogP contribution is -2.29. The Morgan fingerprint density at radius 3 is 2.58 bits per heavy atom. The first kappa shape index (κ1) is 23.2. The Morgan fingerprint density at radius 1 is 1.03 bits per heavy atom. The van der Waals surface area contributed by atoms with Crippen molar-refractivity contribution in [3.8, 4) is 23.0 Å². The molecule has 3 aromatic rings. The van der Waals surface area contributed by atoms with E-state index in [1.807, 2.05) is 13.8 Å². The van der Waals surface area contributed by atoms with E-state index in [2.05, 4.69) is 4.98 Å². The minimum absolute atomic E-state index is 0.0687. The van der Waals surface area contributed by atoms with Crippen LogP contribution in [0.25, 0.3) is 5.76 Å². The number of carbonyl (C=O) groups excluding carboxylic acids is 2. The molecule has 1 aromatic heterocycles. The van der Waals surface area contributed by atoms with Gasteiger partial charge in [0.15, 0.2) is 11.5 Å². The SMILES string of the molecule is CCOc1ccc(/C(O)=C2\C(=O)C(=O)N(c3ccc4c(c3)OCO4)C2c2ccccn2)c(OCC)c1. The molecule has 2 aromatic carbocycles. The van der Waals surface area contributed by atoms with Crippen LogP contribution < -0.4 is 23.8 Å². The van der Waals surface area contributed by atoms with Gasteiger partial charge in [0.2, 0.25) is 6.79 Å². The quantitative estimate of drug-likeness (QED) is 0.299. The zero-order valence-electron chi connectivity index (χ0n) is 19.8. The highest BCUT2D eigenvalue weighted by molar-refractivity contribution is 6.51. The maximum absolute atomic E-state index is 13.4. The van der Waals surface area contributed by atoms with Crippen molar-refractivity contribution in [2.75, 3.05) is 24.9 Å². The van der Waals surface area contributed by atoms with Crippen molar-refractivity contribution in [3.05, 3.63) is 77.6 Å². The van der Waals surface area contributed by atoms with Crippen LogP contribution in [0.1, 0.15) is 31.1 Å². The van der Waals surface area contributed by atoms with Crippen LogP contribution in [0.3, 0.4) is 0 Å². The molecule has 9 heteroatoms. The second-order valence-electron chi connectivity index (χ2n) is 7.99. The van der Waals surface area contributed by atoms with Gasteiger partial charge < -0.3 is 24.1 Å². The van der Waals surface area contributed by atoms with Crippen LogP contribution in [0.2, 0.25) is 0 Å². The predicted molar refractivity (Wildman–Crippen MR) is 130 cm³/mol. The fourth-order valence-corrected chi connectivity index (χ4v) is 4.33. The average molecular weight is 488 g/mol. The summed E-state index contributed by atoms with van der Waals surface area (Å²) in [5.41, 5.74) is 0.999. The number of nitrogens with zero attached hydrogens (tertiary/aromatic N) is 2. The molecule has 184 valence electrons. The van der Waals surface area contributed by atoms with E-state index in [1.165, 1.54) is 4.90 Å². The zero-order chi connectivity index (χ0) is 25.2. The van der Waals surface area contributed by atoms with E-state index < -0.39 is 17.7 Å². The second-order valence-corrected chi connectivity index (χ2v) is 7.99. The predicted octanol–water partition coefficient (Wildman–Crippen LogP) is 4.23. The molecule has 0 aliphatic carbocycles. The van der Waals surface area contributed by atoms with Crippen molar-refractivity contribution in [3.63, 3.8) is 0 Å². The molecular weight excluding hydrogens is 464 g/mol. The Hall–Kier alpha value is -4.53. The molecule has 1 atom stereocenters. The van der Waals surface area contributed by atoms with E-state index in [0.717, 1.165) is 0 Å². The summed E-state index contributed by atoms with van der Waals surface area (Å²) < 4.78 is 22.1. The Kier molecular flexibility index (Phi) is 6.20. The van der Waals surface area contributed by atoms with Gasteiger partial charge in [-0.2, -0.15) is 0 Å². The lowest BCUT2D eigenvalue weighted by molar-refractivity contribution is -0.132. The molecule has 3 heterocycles. The number of aliphatic hydroxyl groups excluding tert-OH is 1. The highest BCUT2D eigenvalue weighted by atomic mass is 16.7. The molecule has 2 aliphatic heterocycles. The molecule has 1 amide bonds. The van der Waals surface area contributed by atoms with Crippen LogP contribution >= 0.6 is 0 Å². The first-order valence-electron chi connectivity index (χ1n) is 11.5. The zero-order valence-corrected chi connectivity index (χ0v) is 19.8. The number of hydrogen-bond donors (Lipinski definition) is 1. The van der Waals surface area contributed by atoms with Gasteiger partial charge in [0.05, 0.1) is 30.0 Å². The van der Waals surface area contributed by atoms with Gasteiger partial charge in [-0.05, 0) is 50.2 Å². The Bertz CT molecular complexity index is 1350. The van der Waals surface area contributed by atoms with E-state index in [-0.39, 0.29) is 23.7 Å². The minimum atomic E-state index is -0.979. The van der Waals surface area contributed by atoms with Crippen molar-refractivity contribution in [1.82, 2.24) is 4.98 Å². The highest BCUT2D eigenvalue weighted by Crippen LogP contribution is 2.45. The molecule has 5 rings (SSSR count). The third kappa shape index (κ3) is 3.98. The first-order chi connectivity index (χ1) is 17.5. The summed E-state index contributed by atoms with van der Waals surface area (Å²) in [5, 5.41) is 11.5. The van der Waals surface area contributed by atoms with Crippen LogP contribution in [0.15, 0.2) is 66.4 Å². The number of pyridine rings is 1. The standard InChI is InChI=1S/C27H24N2O7/c1-3-33-17-9-10-18(21(14-17)34-4-2)25(30)23-24(19-7-5-6-12-28-19)29(27(32)26(23)31)16-8-11-20-22(13-16)36-15-35-20/h5-14,24,30H,3-4,15H2,1-2H3/b25-23+. The van der Waals surface area contributed by atoms with Crippen molar-refractivity contribution in [2.24, 2.45) is 0 Å². The molecule has 1 fully saturated rings. The lowest BCUT2D eigenvalue weighted by Gasteiger charge is -2.25. The van der Waals surface area contributed by atoms with Crippen molar-refractivity contribution < 1.29 is 33.6 Å². The maximum atomic E-state index is 13.4. The molecule has 36 heavy (non-hydrogen) atoms. The first-order valence-corrected chi connectivity index (χ1v) is 11.5. The molecule has 0 saturated carbocycles. The average Bonchev–Trinajstić information content (AvgIpc) is 3.46. The fourth-order valence-electron chi connectivity index (χ4n) is 4.33. The molecule has 0 bridgehead atoms. The van der Waals surface area contributed by atoms with Crippen LogP contribution in [0.5, 0.6) is 23.0 Å². The molecule has 0 spiro atoms. The molecule has 1 unspecified atom stereocenters. The minimum Gasteiger partial charge on any atom is -0.507 e. The third-order valence-corrected chi connectivity index (χ3v) is 5.87. The molecule has 0 radical (unpaired) electrons. The summed E-state index contributed by atoms with van der Waals surface area (Å²) in [6.07, 6.45) is 1.57. The Labute approximate surface area is 207 Å². The van der Waals surface area contributed by atoms with E-state index in [0.29, 0.717) is 47.6 Å². The summed E-state index contributed by atoms with van der Waals surface area (Å²) in [4.78, 5) is 32.5. The molecule has 9 nitrogen and oxygen atoms in total. The molecular formula is C27H24N2O7. The second kappa shape index (κ2) is 9.61. The van der Waals surface area contributed by atoms with Crippen LogP contribution in [0.4, 0.5) is 5.69 Å². The van der Waals surface area contributed by atoms with E-state index in [1.54, 1.807) is 60.8 Å². The van der Waals surface area contributed by atoms with E-state index in [4.69, 9.17) is 18.9 Å². The van der Waals surface area contributed by atoms with Crippen LogP contribution in [0, 0.1) is 0 Å². The largest absolute Gasteiger partial charge is 0.507 e.